The van der Waals surface area contributed by atoms with Crippen molar-refractivity contribution in [3.63, 3.8) is 0 Å². The highest BCUT2D eigenvalue weighted by molar-refractivity contribution is 5.87. The molecule has 0 saturated heterocycles. The lowest BCUT2D eigenvalue weighted by atomic mass is 10.0. The lowest BCUT2D eigenvalue weighted by Gasteiger charge is -2.10. The number of carbonyl (C=O) groups excluding carboxylic acids is 1. The monoisotopic (exact) mass is 337 g/mol. The third-order valence-electron chi connectivity index (χ3n) is 3.64. The molecule has 3 aromatic rings. The Bertz CT molecular complexity index is 917. The van der Waals surface area contributed by atoms with E-state index in [1.54, 1.807) is 36.3 Å². The van der Waals surface area contributed by atoms with Crippen LogP contribution in [0.25, 0.3) is 22.4 Å². The predicted octanol–water partition coefficient (Wildman–Crippen LogP) is 2.49. The Kier molecular flexibility index (Phi) is 4.65. The topological polar surface area (TPSA) is 72.7 Å². The summed E-state index contributed by atoms with van der Waals surface area (Å²) in [4.78, 5) is 15.9. The van der Waals surface area contributed by atoms with Crippen molar-refractivity contribution in [2.24, 2.45) is 7.05 Å². The van der Waals surface area contributed by atoms with Gasteiger partial charge in [-0.15, -0.1) is 5.10 Å². The first kappa shape index (κ1) is 16.5. The van der Waals surface area contributed by atoms with Gasteiger partial charge in [0.25, 0.3) is 0 Å². The second kappa shape index (κ2) is 7.04. The Morgan fingerprint density at radius 3 is 2.72 bits per heavy atom. The number of pyridine rings is 1. The normalized spacial score (nSPS) is 10.5. The van der Waals surface area contributed by atoms with Crippen LogP contribution in [0.3, 0.4) is 0 Å². The number of amides is 1. The first-order chi connectivity index (χ1) is 12.1. The van der Waals surface area contributed by atoms with Gasteiger partial charge >= 0.3 is 0 Å². The van der Waals surface area contributed by atoms with Crippen LogP contribution in [0.2, 0.25) is 0 Å². The molecule has 2 aromatic heterocycles. The van der Waals surface area contributed by atoms with E-state index < -0.39 is 0 Å². The van der Waals surface area contributed by atoms with Gasteiger partial charge in [-0.1, -0.05) is 23.9 Å². The van der Waals surface area contributed by atoms with Crippen LogP contribution in [0.15, 0.2) is 55.4 Å². The van der Waals surface area contributed by atoms with Crippen molar-refractivity contribution in [1.29, 1.82) is 0 Å². The first-order valence-corrected chi connectivity index (χ1v) is 7.58. The molecule has 1 amide bonds. The molecular formula is C18H16FN5O. The van der Waals surface area contributed by atoms with Gasteiger partial charge in [0, 0.05) is 24.4 Å². The van der Waals surface area contributed by atoms with E-state index in [1.807, 2.05) is 6.07 Å². The molecular weight excluding hydrogens is 321 g/mol. The van der Waals surface area contributed by atoms with Gasteiger partial charge in [-0.3, -0.25) is 14.5 Å². The van der Waals surface area contributed by atoms with Gasteiger partial charge in [0.1, 0.15) is 11.5 Å². The number of rotatable bonds is 5. The molecule has 0 saturated carbocycles. The maximum atomic E-state index is 13.1. The molecule has 1 N–H and O–H groups in total. The fourth-order valence-electron chi connectivity index (χ4n) is 2.37. The SMILES string of the molecule is C=CC(=O)NCc1ncc(-c2ccc(F)cc2)cc1-c1cn(C)nn1. The van der Waals surface area contributed by atoms with E-state index in [9.17, 15) is 9.18 Å². The summed E-state index contributed by atoms with van der Waals surface area (Å²) in [6, 6.07) is 8.07. The number of nitrogens with zero attached hydrogens (tertiary/aromatic N) is 4. The molecule has 7 heteroatoms. The van der Waals surface area contributed by atoms with Crippen molar-refractivity contribution in [3.05, 3.63) is 66.9 Å². The Hall–Kier alpha value is -3.35. The highest BCUT2D eigenvalue weighted by Crippen LogP contribution is 2.27. The Labute approximate surface area is 144 Å². The zero-order valence-corrected chi connectivity index (χ0v) is 13.6. The van der Waals surface area contributed by atoms with Crippen LogP contribution in [-0.2, 0) is 18.4 Å². The lowest BCUT2D eigenvalue weighted by molar-refractivity contribution is -0.116. The summed E-state index contributed by atoms with van der Waals surface area (Å²) >= 11 is 0. The zero-order chi connectivity index (χ0) is 17.8. The standard InChI is InChI=1S/C18H16FN5O/c1-3-18(25)21-10-16-15(17-11-24(2)23-22-17)8-13(9-20-16)12-4-6-14(19)7-5-12/h3-9,11H,1,10H2,2H3,(H,21,25). The van der Waals surface area contributed by atoms with Crippen LogP contribution in [0, 0.1) is 5.82 Å². The summed E-state index contributed by atoms with van der Waals surface area (Å²) < 4.78 is 14.7. The second-order valence-corrected chi connectivity index (χ2v) is 5.42. The molecule has 0 radical (unpaired) electrons. The summed E-state index contributed by atoms with van der Waals surface area (Å²) in [6.45, 7) is 3.67. The van der Waals surface area contributed by atoms with Crippen LogP contribution >= 0.6 is 0 Å². The highest BCUT2D eigenvalue weighted by Gasteiger charge is 2.13. The minimum absolute atomic E-state index is 0.237. The van der Waals surface area contributed by atoms with E-state index >= 15 is 0 Å². The average Bonchev–Trinajstić information content (AvgIpc) is 3.06. The van der Waals surface area contributed by atoms with Gasteiger partial charge in [-0.05, 0) is 29.8 Å². The molecule has 1 aromatic carbocycles. The quantitative estimate of drug-likeness (QED) is 0.726. The van der Waals surface area contributed by atoms with Gasteiger partial charge < -0.3 is 5.32 Å². The van der Waals surface area contributed by atoms with Crippen LogP contribution in [-0.4, -0.2) is 25.9 Å². The number of aromatic nitrogens is 4. The largest absolute Gasteiger partial charge is 0.347 e. The Morgan fingerprint density at radius 2 is 2.08 bits per heavy atom. The summed E-state index contributed by atoms with van der Waals surface area (Å²) in [6.07, 6.45) is 4.65. The van der Waals surface area contributed by atoms with E-state index in [0.29, 0.717) is 11.4 Å². The van der Waals surface area contributed by atoms with Crippen LogP contribution in [0.4, 0.5) is 4.39 Å². The molecule has 0 fully saturated rings. The van der Waals surface area contributed by atoms with Crippen LogP contribution < -0.4 is 5.32 Å². The Morgan fingerprint density at radius 1 is 1.32 bits per heavy atom. The number of benzene rings is 1. The average molecular weight is 337 g/mol. The molecule has 0 unspecified atom stereocenters. The van der Waals surface area contributed by atoms with E-state index in [-0.39, 0.29) is 18.3 Å². The van der Waals surface area contributed by atoms with Crippen molar-refractivity contribution in [2.45, 2.75) is 6.54 Å². The number of halogens is 1. The van der Waals surface area contributed by atoms with Crippen molar-refractivity contribution >= 4 is 5.91 Å². The number of aryl methyl sites for hydroxylation is 1. The third-order valence-corrected chi connectivity index (χ3v) is 3.64. The maximum absolute atomic E-state index is 13.1. The predicted molar refractivity (Wildman–Crippen MR) is 91.7 cm³/mol. The van der Waals surface area contributed by atoms with Crippen molar-refractivity contribution in [2.75, 3.05) is 0 Å². The summed E-state index contributed by atoms with van der Waals surface area (Å²) in [5, 5.41) is 10.8. The number of nitrogens with one attached hydrogen (secondary N) is 1. The maximum Gasteiger partial charge on any atom is 0.243 e. The molecule has 0 aliphatic heterocycles. The van der Waals surface area contributed by atoms with Gasteiger partial charge in [0.05, 0.1) is 18.4 Å². The minimum Gasteiger partial charge on any atom is -0.347 e. The molecule has 0 aliphatic rings. The van der Waals surface area contributed by atoms with Gasteiger partial charge in [0.15, 0.2) is 0 Å². The zero-order valence-electron chi connectivity index (χ0n) is 13.6. The van der Waals surface area contributed by atoms with E-state index in [2.05, 4.69) is 27.2 Å². The molecule has 0 atom stereocenters. The summed E-state index contributed by atoms with van der Waals surface area (Å²) in [7, 11) is 1.77. The van der Waals surface area contributed by atoms with Crippen LogP contribution in [0.5, 0.6) is 0 Å². The van der Waals surface area contributed by atoms with Crippen LogP contribution in [0.1, 0.15) is 5.69 Å². The lowest BCUT2D eigenvalue weighted by Crippen LogP contribution is -2.21. The molecule has 0 bridgehead atoms. The molecule has 3 rings (SSSR count). The highest BCUT2D eigenvalue weighted by atomic mass is 19.1. The van der Waals surface area contributed by atoms with E-state index in [0.717, 1.165) is 16.7 Å². The molecule has 0 aliphatic carbocycles. The van der Waals surface area contributed by atoms with E-state index in [1.165, 1.54) is 18.2 Å². The van der Waals surface area contributed by atoms with Gasteiger partial charge in [0.2, 0.25) is 5.91 Å². The van der Waals surface area contributed by atoms with Gasteiger partial charge in [-0.2, -0.15) is 0 Å². The number of hydrogen-bond acceptors (Lipinski definition) is 4. The summed E-state index contributed by atoms with van der Waals surface area (Å²) in [5.74, 6) is -0.580. The number of hydrogen-bond donors (Lipinski definition) is 1. The number of carbonyl (C=O) groups is 1. The minimum atomic E-state index is -0.297. The summed E-state index contributed by atoms with van der Waals surface area (Å²) in [5.41, 5.74) is 3.70. The fraction of sp³-hybridized carbons (Fsp3) is 0.111. The first-order valence-electron chi connectivity index (χ1n) is 7.58. The molecule has 25 heavy (non-hydrogen) atoms. The Balaban J connectivity index is 2.02. The smallest absolute Gasteiger partial charge is 0.243 e. The van der Waals surface area contributed by atoms with Crippen molar-refractivity contribution in [1.82, 2.24) is 25.3 Å². The molecule has 126 valence electrons. The van der Waals surface area contributed by atoms with Crippen molar-refractivity contribution < 1.29 is 9.18 Å². The molecule has 0 spiro atoms. The molecule has 6 nitrogen and oxygen atoms in total. The van der Waals surface area contributed by atoms with Crippen molar-refractivity contribution in [3.8, 4) is 22.4 Å². The second-order valence-electron chi connectivity index (χ2n) is 5.42. The fourth-order valence-corrected chi connectivity index (χ4v) is 2.37. The molecule has 2 heterocycles. The van der Waals surface area contributed by atoms with Gasteiger partial charge in [-0.25, -0.2) is 4.39 Å². The third kappa shape index (κ3) is 3.77. The van der Waals surface area contributed by atoms with E-state index in [4.69, 9.17) is 0 Å².